The Kier molecular flexibility index (Phi) is 4.55. The van der Waals surface area contributed by atoms with Gasteiger partial charge in [-0.05, 0) is 36.4 Å². The van der Waals surface area contributed by atoms with Crippen molar-refractivity contribution in [1.82, 2.24) is 9.55 Å². The van der Waals surface area contributed by atoms with Crippen LogP contribution in [0, 0.1) is 0 Å². The van der Waals surface area contributed by atoms with E-state index in [9.17, 15) is 13.2 Å². The summed E-state index contributed by atoms with van der Waals surface area (Å²) in [6.45, 7) is 1.24. The first-order valence-electron chi connectivity index (χ1n) is 7.39. The molecule has 0 saturated heterocycles. The molecular formula is C18H15F3N2O. The lowest BCUT2D eigenvalue weighted by atomic mass is 10.1. The Labute approximate surface area is 137 Å². The fourth-order valence-electron chi connectivity index (χ4n) is 2.25. The summed E-state index contributed by atoms with van der Waals surface area (Å²) in [5.74, 6) is 0.623. The lowest BCUT2D eigenvalue weighted by molar-refractivity contribution is -0.137. The molecule has 0 unspecified atom stereocenters. The molecule has 0 atom stereocenters. The fraction of sp³-hybridized carbons (Fsp3) is 0.167. The topological polar surface area (TPSA) is 27.1 Å². The minimum absolute atomic E-state index is 0.510. The maximum absolute atomic E-state index is 12.6. The Morgan fingerprint density at radius 2 is 1.67 bits per heavy atom. The van der Waals surface area contributed by atoms with E-state index < -0.39 is 11.7 Å². The van der Waals surface area contributed by atoms with Gasteiger partial charge in [-0.15, -0.1) is 0 Å². The lowest BCUT2D eigenvalue weighted by Crippen LogP contribution is -2.06. The lowest BCUT2D eigenvalue weighted by Gasteiger charge is -2.09. The van der Waals surface area contributed by atoms with E-state index in [0.717, 1.165) is 18.7 Å². The van der Waals surface area contributed by atoms with Gasteiger partial charge in [0.1, 0.15) is 12.4 Å². The number of hydrogen-bond acceptors (Lipinski definition) is 2. The Morgan fingerprint density at radius 1 is 0.958 bits per heavy atom. The first-order chi connectivity index (χ1) is 11.5. The summed E-state index contributed by atoms with van der Waals surface area (Å²) in [6, 6.07) is 12.3. The van der Waals surface area contributed by atoms with Gasteiger partial charge >= 0.3 is 6.18 Å². The first kappa shape index (κ1) is 16.1. The molecule has 0 aliphatic rings. The number of alkyl halides is 3. The molecule has 0 radical (unpaired) electrons. The Bertz CT molecular complexity index is 764. The Hall–Kier alpha value is -2.76. The van der Waals surface area contributed by atoms with Gasteiger partial charge < -0.3 is 9.30 Å². The van der Waals surface area contributed by atoms with Gasteiger partial charge in [0, 0.05) is 18.0 Å². The van der Waals surface area contributed by atoms with E-state index in [2.05, 4.69) is 4.98 Å². The molecule has 2 aromatic heterocycles. The van der Waals surface area contributed by atoms with Crippen molar-refractivity contribution >= 4 is 0 Å². The third-order valence-electron chi connectivity index (χ3n) is 3.53. The van der Waals surface area contributed by atoms with Gasteiger partial charge in [0.2, 0.25) is 0 Å². The predicted molar refractivity (Wildman–Crippen MR) is 84.6 cm³/mol. The van der Waals surface area contributed by atoms with Crippen LogP contribution in [0.1, 0.15) is 5.56 Å². The molecule has 0 spiro atoms. The van der Waals surface area contributed by atoms with Crippen LogP contribution in [0.2, 0.25) is 0 Å². The molecule has 0 aliphatic heterocycles. The number of ether oxygens (including phenoxy) is 1. The van der Waals surface area contributed by atoms with Crippen molar-refractivity contribution in [2.75, 3.05) is 6.61 Å². The van der Waals surface area contributed by atoms with Gasteiger partial charge in [0.15, 0.2) is 0 Å². The van der Waals surface area contributed by atoms with E-state index in [1.54, 1.807) is 18.3 Å². The molecule has 1 aromatic carbocycles. The number of rotatable bonds is 5. The molecular weight excluding hydrogens is 317 g/mol. The minimum atomic E-state index is -4.33. The van der Waals surface area contributed by atoms with Crippen molar-refractivity contribution < 1.29 is 17.9 Å². The summed E-state index contributed by atoms with van der Waals surface area (Å²) in [5, 5.41) is 0. The van der Waals surface area contributed by atoms with E-state index >= 15 is 0 Å². The van der Waals surface area contributed by atoms with Crippen molar-refractivity contribution in [3.05, 3.63) is 72.7 Å². The van der Waals surface area contributed by atoms with Gasteiger partial charge in [0.05, 0.1) is 24.0 Å². The number of hydrogen-bond donors (Lipinski definition) is 0. The molecule has 0 N–H and O–H groups in total. The molecule has 0 amide bonds. The van der Waals surface area contributed by atoms with Crippen LogP contribution >= 0.6 is 0 Å². The smallest absolute Gasteiger partial charge is 0.416 e. The quantitative estimate of drug-likeness (QED) is 0.680. The first-order valence-corrected chi connectivity index (χ1v) is 7.39. The highest BCUT2D eigenvalue weighted by Crippen LogP contribution is 2.30. The van der Waals surface area contributed by atoms with Crippen LogP contribution in [0.3, 0.4) is 0 Å². The summed E-state index contributed by atoms with van der Waals surface area (Å²) < 4.78 is 45.3. The molecule has 24 heavy (non-hydrogen) atoms. The van der Waals surface area contributed by atoms with Crippen molar-refractivity contribution in [3.8, 4) is 17.0 Å². The van der Waals surface area contributed by atoms with Crippen molar-refractivity contribution in [3.63, 3.8) is 0 Å². The Balaban J connectivity index is 1.61. The number of benzene rings is 1. The van der Waals surface area contributed by atoms with Crippen LogP contribution in [0.25, 0.3) is 11.3 Å². The molecule has 2 heterocycles. The largest absolute Gasteiger partial charge is 0.490 e. The van der Waals surface area contributed by atoms with E-state index in [-0.39, 0.29) is 0 Å². The second-order valence-electron chi connectivity index (χ2n) is 5.22. The molecule has 0 fully saturated rings. The highest BCUT2D eigenvalue weighted by molar-refractivity contribution is 5.59. The highest BCUT2D eigenvalue weighted by Gasteiger charge is 2.29. The zero-order valence-electron chi connectivity index (χ0n) is 12.7. The van der Waals surface area contributed by atoms with E-state index in [1.807, 2.05) is 29.1 Å². The van der Waals surface area contributed by atoms with E-state index in [1.165, 1.54) is 12.1 Å². The maximum atomic E-state index is 12.6. The van der Waals surface area contributed by atoms with Gasteiger partial charge in [-0.25, -0.2) is 0 Å². The molecule has 0 bridgehead atoms. The molecule has 124 valence electrons. The van der Waals surface area contributed by atoms with Crippen molar-refractivity contribution in [2.24, 2.45) is 0 Å². The van der Waals surface area contributed by atoms with Crippen LogP contribution in [0.4, 0.5) is 13.2 Å². The zero-order valence-corrected chi connectivity index (χ0v) is 12.7. The third-order valence-corrected chi connectivity index (χ3v) is 3.53. The highest BCUT2D eigenvalue weighted by atomic mass is 19.4. The van der Waals surface area contributed by atoms with Gasteiger partial charge in [-0.2, -0.15) is 13.2 Å². The molecule has 0 saturated carbocycles. The SMILES string of the molecule is FC(F)(F)c1ccc(-c2ccc(OCCn3cccc3)cn2)cc1. The second kappa shape index (κ2) is 6.78. The molecule has 3 rings (SSSR count). The zero-order chi connectivity index (χ0) is 17.0. The number of aromatic nitrogens is 2. The molecule has 0 aliphatic carbocycles. The summed E-state index contributed by atoms with van der Waals surface area (Å²) in [7, 11) is 0. The van der Waals surface area contributed by atoms with Crippen LogP contribution in [0.15, 0.2) is 67.1 Å². The summed E-state index contributed by atoms with van der Waals surface area (Å²) in [4.78, 5) is 4.24. The average Bonchev–Trinajstić information content (AvgIpc) is 3.08. The number of halogens is 3. The van der Waals surface area contributed by atoms with Crippen LogP contribution in [0.5, 0.6) is 5.75 Å². The average molecular weight is 332 g/mol. The normalized spacial score (nSPS) is 11.5. The summed E-state index contributed by atoms with van der Waals surface area (Å²) in [5.41, 5.74) is 0.555. The van der Waals surface area contributed by atoms with E-state index in [4.69, 9.17) is 4.74 Å². The van der Waals surface area contributed by atoms with Gasteiger partial charge in [-0.1, -0.05) is 12.1 Å². The van der Waals surface area contributed by atoms with Gasteiger partial charge in [0.25, 0.3) is 0 Å². The molecule has 3 aromatic rings. The molecule has 6 heteroatoms. The van der Waals surface area contributed by atoms with Crippen molar-refractivity contribution in [2.45, 2.75) is 12.7 Å². The fourth-order valence-corrected chi connectivity index (χ4v) is 2.25. The van der Waals surface area contributed by atoms with Crippen LogP contribution < -0.4 is 4.74 Å². The second-order valence-corrected chi connectivity index (χ2v) is 5.22. The number of nitrogens with zero attached hydrogens (tertiary/aromatic N) is 2. The predicted octanol–water partition coefficient (Wildman–Crippen LogP) is 4.65. The van der Waals surface area contributed by atoms with E-state index in [0.29, 0.717) is 23.6 Å². The standard InChI is InChI=1S/C18H15F3N2O/c19-18(20,21)15-5-3-14(4-6-15)17-8-7-16(13-22-17)24-12-11-23-9-1-2-10-23/h1-10,13H,11-12H2. The minimum Gasteiger partial charge on any atom is -0.490 e. The van der Waals surface area contributed by atoms with Crippen molar-refractivity contribution in [1.29, 1.82) is 0 Å². The van der Waals surface area contributed by atoms with Gasteiger partial charge in [-0.3, -0.25) is 4.98 Å². The maximum Gasteiger partial charge on any atom is 0.416 e. The third kappa shape index (κ3) is 3.95. The number of pyridine rings is 1. The Morgan fingerprint density at radius 3 is 2.25 bits per heavy atom. The molecule has 3 nitrogen and oxygen atoms in total. The van der Waals surface area contributed by atoms with Crippen LogP contribution in [-0.4, -0.2) is 16.2 Å². The monoisotopic (exact) mass is 332 g/mol. The summed E-state index contributed by atoms with van der Waals surface area (Å²) >= 11 is 0. The summed E-state index contributed by atoms with van der Waals surface area (Å²) in [6.07, 6.45) is 1.15. The van der Waals surface area contributed by atoms with Crippen LogP contribution in [-0.2, 0) is 12.7 Å².